The van der Waals surface area contributed by atoms with Gasteiger partial charge in [-0.3, -0.25) is 0 Å². The van der Waals surface area contributed by atoms with Gasteiger partial charge in [0, 0.05) is 19.2 Å². The van der Waals surface area contributed by atoms with Crippen LogP contribution in [0.5, 0.6) is 5.75 Å². The summed E-state index contributed by atoms with van der Waals surface area (Å²) in [5, 5.41) is 3.48. The number of ether oxygens (including phenoxy) is 2. The van der Waals surface area contributed by atoms with Gasteiger partial charge in [0.05, 0.1) is 13.2 Å². The molecule has 4 heteroatoms. The molecule has 0 spiro atoms. The normalized spacial score (nSPS) is 23.8. The molecule has 0 aliphatic carbocycles. The van der Waals surface area contributed by atoms with Gasteiger partial charge in [0.2, 0.25) is 0 Å². The van der Waals surface area contributed by atoms with Crippen molar-refractivity contribution in [1.29, 1.82) is 0 Å². The minimum Gasteiger partial charge on any atom is -0.494 e. The van der Waals surface area contributed by atoms with Gasteiger partial charge >= 0.3 is 0 Å². The summed E-state index contributed by atoms with van der Waals surface area (Å²) in [6, 6.07) is 5.24. The van der Waals surface area contributed by atoms with Gasteiger partial charge in [-0.15, -0.1) is 0 Å². The average Bonchev–Trinajstić information content (AvgIpc) is 2.92. The molecule has 1 N–H and O–H groups in total. The number of methoxy groups -OCH3 is 1. The predicted molar refractivity (Wildman–Crippen MR) is 77.5 cm³/mol. The highest BCUT2D eigenvalue weighted by atomic mass is 19.1. The quantitative estimate of drug-likeness (QED) is 0.868. The third kappa shape index (κ3) is 3.49. The number of benzene rings is 1. The fourth-order valence-corrected chi connectivity index (χ4v) is 2.78. The van der Waals surface area contributed by atoms with E-state index in [-0.39, 0.29) is 17.6 Å². The predicted octanol–water partition coefficient (Wildman–Crippen LogP) is 3.30. The van der Waals surface area contributed by atoms with Crippen molar-refractivity contribution in [2.24, 2.45) is 5.92 Å². The maximum atomic E-state index is 13.7. The van der Waals surface area contributed by atoms with Crippen molar-refractivity contribution in [1.82, 2.24) is 5.32 Å². The Hall–Kier alpha value is -1.13. The molecule has 0 radical (unpaired) electrons. The zero-order chi connectivity index (χ0) is 14.5. The molecule has 0 amide bonds. The van der Waals surface area contributed by atoms with Crippen LogP contribution in [0.15, 0.2) is 18.2 Å². The largest absolute Gasteiger partial charge is 0.494 e. The highest BCUT2D eigenvalue weighted by Crippen LogP contribution is 2.25. The molecule has 112 valence electrons. The van der Waals surface area contributed by atoms with Crippen molar-refractivity contribution in [3.8, 4) is 5.75 Å². The first-order chi connectivity index (χ1) is 9.65. The van der Waals surface area contributed by atoms with Gasteiger partial charge in [0.15, 0.2) is 11.6 Å². The average molecular weight is 281 g/mol. The van der Waals surface area contributed by atoms with Crippen LogP contribution in [-0.4, -0.2) is 26.4 Å². The maximum absolute atomic E-state index is 13.7. The van der Waals surface area contributed by atoms with Crippen LogP contribution in [0.1, 0.15) is 38.3 Å². The van der Waals surface area contributed by atoms with Crippen LogP contribution >= 0.6 is 0 Å². The van der Waals surface area contributed by atoms with E-state index in [1.807, 2.05) is 6.07 Å². The van der Waals surface area contributed by atoms with Gasteiger partial charge in [0.1, 0.15) is 0 Å². The number of hydrogen-bond donors (Lipinski definition) is 1. The summed E-state index contributed by atoms with van der Waals surface area (Å²) in [5.41, 5.74) is 0.940. The Morgan fingerprint density at radius 2 is 2.30 bits per heavy atom. The van der Waals surface area contributed by atoms with E-state index < -0.39 is 0 Å². The molecule has 1 aliphatic rings. The van der Waals surface area contributed by atoms with Crippen LogP contribution in [0.4, 0.5) is 4.39 Å². The van der Waals surface area contributed by atoms with Gasteiger partial charge in [-0.1, -0.05) is 13.0 Å². The molecule has 0 aromatic heterocycles. The summed E-state index contributed by atoms with van der Waals surface area (Å²) in [5.74, 6) is 0.538. The summed E-state index contributed by atoms with van der Waals surface area (Å²) >= 11 is 0. The summed E-state index contributed by atoms with van der Waals surface area (Å²) < 4.78 is 24.3. The number of hydrogen-bond acceptors (Lipinski definition) is 3. The SMILES string of the molecule is CCC1OCCC1CNC(C)c1ccc(OC)c(F)c1. The fraction of sp³-hybridized carbons (Fsp3) is 0.625. The Morgan fingerprint density at radius 3 is 2.95 bits per heavy atom. The molecule has 1 fully saturated rings. The van der Waals surface area contributed by atoms with Gasteiger partial charge < -0.3 is 14.8 Å². The first kappa shape index (κ1) is 15.3. The standard InChI is InChI=1S/C16H24FNO2/c1-4-15-13(7-8-20-15)10-18-11(2)12-5-6-16(19-3)14(17)9-12/h5-6,9,11,13,15,18H,4,7-8,10H2,1-3H3. The maximum Gasteiger partial charge on any atom is 0.165 e. The summed E-state index contributed by atoms with van der Waals surface area (Å²) in [6.45, 7) is 5.98. The zero-order valence-corrected chi connectivity index (χ0v) is 12.5. The summed E-state index contributed by atoms with van der Waals surface area (Å²) in [7, 11) is 1.48. The third-order valence-corrected chi connectivity index (χ3v) is 4.11. The molecule has 2 rings (SSSR count). The Bertz CT molecular complexity index is 438. The van der Waals surface area contributed by atoms with E-state index in [1.54, 1.807) is 12.1 Å². The first-order valence-corrected chi connectivity index (χ1v) is 7.34. The van der Waals surface area contributed by atoms with Crippen molar-refractivity contribution in [2.45, 2.75) is 38.8 Å². The second kappa shape index (κ2) is 7.04. The minimum atomic E-state index is -0.311. The van der Waals surface area contributed by atoms with Crippen LogP contribution in [-0.2, 0) is 4.74 Å². The smallest absolute Gasteiger partial charge is 0.165 e. The second-order valence-electron chi connectivity index (χ2n) is 5.39. The molecule has 1 aromatic carbocycles. The van der Waals surface area contributed by atoms with Gasteiger partial charge in [-0.2, -0.15) is 0 Å². The van der Waals surface area contributed by atoms with Gasteiger partial charge in [-0.25, -0.2) is 4.39 Å². The fourth-order valence-electron chi connectivity index (χ4n) is 2.78. The monoisotopic (exact) mass is 281 g/mol. The van der Waals surface area contributed by atoms with E-state index >= 15 is 0 Å². The first-order valence-electron chi connectivity index (χ1n) is 7.34. The zero-order valence-electron chi connectivity index (χ0n) is 12.5. The van der Waals surface area contributed by atoms with E-state index in [0.29, 0.717) is 12.0 Å². The summed E-state index contributed by atoms with van der Waals surface area (Å²) in [6.07, 6.45) is 2.52. The molecule has 1 saturated heterocycles. The van der Waals surface area contributed by atoms with Crippen molar-refractivity contribution in [2.75, 3.05) is 20.3 Å². The molecule has 3 unspecified atom stereocenters. The lowest BCUT2D eigenvalue weighted by atomic mass is 9.98. The lowest BCUT2D eigenvalue weighted by Gasteiger charge is -2.21. The van der Waals surface area contributed by atoms with Crippen LogP contribution in [0.25, 0.3) is 0 Å². The number of halogens is 1. The molecule has 1 aromatic rings. The molecular weight excluding hydrogens is 257 g/mol. The topological polar surface area (TPSA) is 30.5 Å². The van der Waals surface area contributed by atoms with E-state index in [0.717, 1.165) is 31.6 Å². The van der Waals surface area contributed by atoms with Crippen molar-refractivity contribution < 1.29 is 13.9 Å². The Labute approximate surface area is 120 Å². The molecule has 1 heterocycles. The molecule has 0 bridgehead atoms. The van der Waals surface area contributed by atoms with Crippen LogP contribution < -0.4 is 10.1 Å². The second-order valence-corrected chi connectivity index (χ2v) is 5.39. The molecule has 20 heavy (non-hydrogen) atoms. The highest BCUT2D eigenvalue weighted by molar-refractivity contribution is 5.30. The molecule has 1 aliphatic heterocycles. The molecule has 0 saturated carbocycles. The van der Waals surface area contributed by atoms with E-state index in [4.69, 9.17) is 9.47 Å². The summed E-state index contributed by atoms with van der Waals surface area (Å²) in [4.78, 5) is 0. The van der Waals surface area contributed by atoms with Crippen LogP contribution in [0.3, 0.4) is 0 Å². The van der Waals surface area contributed by atoms with Crippen molar-refractivity contribution in [3.05, 3.63) is 29.6 Å². The van der Waals surface area contributed by atoms with Gasteiger partial charge in [-0.05, 0) is 43.4 Å². The van der Waals surface area contributed by atoms with Crippen LogP contribution in [0, 0.1) is 11.7 Å². The number of rotatable bonds is 6. The molecular formula is C16H24FNO2. The third-order valence-electron chi connectivity index (χ3n) is 4.11. The van der Waals surface area contributed by atoms with E-state index in [9.17, 15) is 4.39 Å². The minimum absolute atomic E-state index is 0.119. The van der Waals surface area contributed by atoms with Crippen molar-refractivity contribution in [3.63, 3.8) is 0 Å². The molecule has 3 atom stereocenters. The Morgan fingerprint density at radius 1 is 1.50 bits per heavy atom. The van der Waals surface area contributed by atoms with Crippen molar-refractivity contribution >= 4 is 0 Å². The number of nitrogens with one attached hydrogen (secondary N) is 1. The Kier molecular flexibility index (Phi) is 5.38. The lowest BCUT2D eigenvalue weighted by molar-refractivity contribution is 0.0867. The Balaban J connectivity index is 1.91. The van der Waals surface area contributed by atoms with Crippen LogP contribution in [0.2, 0.25) is 0 Å². The molecule has 3 nitrogen and oxygen atoms in total. The lowest BCUT2D eigenvalue weighted by Crippen LogP contribution is -2.30. The van der Waals surface area contributed by atoms with E-state index in [1.165, 1.54) is 7.11 Å². The van der Waals surface area contributed by atoms with Gasteiger partial charge in [0.25, 0.3) is 0 Å². The van der Waals surface area contributed by atoms with E-state index in [2.05, 4.69) is 19.2 Å². The highest BCUT2D eigenvalue weighted by Gasteiger charge is 2.26.